The van der Waals surface area contributed by atoms with E-state index in [0.717, 1.165) is 10.6 Å². The van der Waals surface area contributed by atoms with Crippen molar-refractivity contribution in [1.82, 2.24) is 0 Å². The molecule has 12 heavy (non-hydrogen) atoms. The van der Waals surface area contributed by atoms with Crippen LogP contribution in [0.1, 0.15) is 6.92 Å². The normalized spacial score (nSPS) is 8.83. The van der Waals surface area contributed by atoms with Gasteiger partial charge in [-0.15, -0.1) is 25.0 Å². The third-order valence-electron chi connectivity index (χ3n) is 1.31. The molecule has 4 heteroatoms. The summed E-state index contributed by atoms with van der Waals surface area (Å²) in [5, 5.41) is 0. The van der Waals surface area contributed by atoms with Crippen molar-refractivity contribution in [3.05, 3.63) is 18.2 Å². The third kappa shape index (κ3) is 2.83. The van der Waals surface area contributed by atoms with Crippen LogP contribution in [-0.4, -0.2) is 6.61 Å². The van der Waals surface area contributed by atoms with Gasteiger partial charge in [-0.2, -0.15) is 0 Å². The Kier molecular flexibility index (Phi) is 4.93. The van der Waals surface area contributed by atoms with E-state index in [1.54, 1.807) is 6.07 Å². The summed E-state index contributed by atoms with van der Waals surface area (Å²) in [6.45, 7) is 2.60. The lowest BCUT2D eigenvalue weighted by Gasteiger charge is -2.04. The molecular weight excluding hydrogens is 194 g/mol. The van der Waals surface area contributed by atoms with Gasteiger partial charge in [-0.25, -0.2) is 0 Å². The van der Waals surface area contributed by atoms with Gasteiger partial charge >= 0.3 is 0 Å². The van der Waals surface area contributed by atoms with Crippen molar-refractivity contribution in [3.8, 4) is 5.75 Å². The van der Waals surface area contributed by atoms with Crippen LogP contribution in [0.2, 0.25) is 0 Å². The fraction of sp³-hybridized carbons (Fsp3) is 0.250. The Morgan fingerprint density at radius 1 is 1.50 bits per heavy atom. The fourth-order valence-electron chi connectivity index (χ4n) is 0.780. The smallest absolute Gasteiger partial charge is 0.120 e. The van der Waals surface area contributed by atoms with Gasteiger partial charge in [-0.05, 0) is 25.1 Å². The molecule has 0 aliphatic rings. The first-order chi connectivity index (χ1) is 5.24. The first kappa shape index (κ1) is 11.5. The summed E-state index contributed by atoms with van der Waals surface area (Å²) in [6.07, 6.45) is 0. The molecule has 0 aliphatic heterocycles. The summed E-state index contributed by atoms with van der Waals surface area (Å²) in [7, 11) is 0. The van der Waals surface area contributed by atoms with E-state index in [1.165, 1.54) is 0 Å². The molecule has 1 aromatic carbocycles. The van der Waals surface area contributed by atoms with Gasteiger partial charge in [0.2, 0.25) is 0 Å². The number of nitrogen functional groups attached to an aromatic ring is 1. The summed E-state index contributed by atoms with van der Waals surface area (Å²) in [4.78, 5) is 0.760. The van der Waals surface area contributed by atoms with Crippen LogP contribution in [0, 0.1) is 0 Å². The number of hydrogen-bond acceptors (Lipinski definition) is 3. The number of thiol groups is 1. The maximum Gasteiger partial charge on any atom is 0.120 e. The monoisotopic (exact) mass is 205 g/mol. The standard InChI is InChI=1S/C8H11NOS.ClH/c1-2-10-6-3-4-7(9)8(11)5-6;/h3-5,11H,2,9H2,1H3;1H. The molecule has 2 N–H and O–H groups in total. The zero-order valence-corrected chi connectivity index (χ0v) is 8.49. The third-order valence-corrected chi connectivity index (χ3v) is 1.70. The predicted molar refractivity (Wildman–Crippen MR) is 56.5 cm³/mol. The highest BCUT2D eigenvalue weighted by Crippen LogP contribution is 2.22. The summed E-state index contributed by atoms with van der Waals surface area (Å²) in [6, 6.07) is 5.42. The number of benzene rings is 1. The summed E-state index contributed by atoms with van der Waals surface area (Å²) >= 11 is 4.16. The molecule has 0 amide bonds. The van der Waals surface area contributed by atoms with Gasteiger partial charge < -0.3 is 10.5 Å². The summed E-state index contributed by atoms with van der Waals surface area (Å²) in [5.41, 5.74) is 6.23. The lowest BCUT2D eigenvalue weighted by molar-refractivity contribution is 0.339. The molecule has 0 aromatic heterocycles. The number of anilines is 1. The minimum absolute atomic E-state index is 0. The molecule has 1 aromatic rings. The van der Waals surface area contributed by atoms with E-state index < -0.39 is 0 Å². The van der Waals surface area contributed by atoms with Gasteiger partial charge in [0, 0.05) is 10.6 Å². The first-order valence-electron chi connectivity index (χ1n) is 3.45. The van der Waals surface area contributed by atoms with Crippen molar-refractivity contribution >= 4 is 30.7 Å². The maximum atomic E-state index is 5.55. The molecule has 0 unspecified atom stereocenters. The molecule has 0 saturated carbocycles. The average molecular weight is 206 g/mol. The first-order valence-corrected chi connectivity index (χ1v) is 3.90. The molecule has 0 aliphatic carbocycles. The summed E-state index contributed by atoms with van der Waals surface area (Å²) in [5.74, 6) is 0.812. The molecular formula is C8H12ClNOS. The Morgan fingerprint density at radius 3 is 2.67 bits per heavy atom. The van der Waals surface area contributed by atoms with Crippen LogP contribution in [0.3, 0.4) is 0 Å². The molecule has 68 valence electrons. The van der Waals surface area contributed by atoms with Crippen LogP contribution in [-0.2, 0) is 0 Å². The van der Waals surface area contributed by atoms with Crippen molar-refractivity contribution in [2.75, 3.05) is 12.3 Å². The van der Waals surface area contributed by atoms with E-state index in [2.05, 4.69) is 12.6 Å². The molecule has 0 bridgehead atoms. The Balaban J connectivity index is 0.00000121. The van der Waals surface area contributed by atoms with Crippen LogP contribution in [0.4, 0.5) is 5.69 Å². The Bertz CT molecular complexity index is 255. The largest absolute Gasteiger partial charge is 0.494 e. The van der Waals surface area contributed by atoms with Gasteiger partial charge in [0.15, 0.2) is 0 Å². The van der Waals surface area contributed by atoms with E-state index in [9.17, 15) is 0 Å². The average Bonchev–Trinajstić information content (AvgIpc) is 1.98. The van der Waals surface area contributed by atoms with Crippen LogP contribution in [0.15, 0.2) is 23.1 Å². The molecule has 0 spiro atoms. The summed E-state index contributed by atoms with van der Waals surface area (Å²) < 4.78 is 5.24. The molecule has 2 nitrogen and oxygen atoms in total. The Hall–Kier alpha value is -0.540. The van der Waals surface area contributed by atoms with E-state index in [-0.39, 0.29) is 12.4 Å². The molecule has 0 radical (unpaired) electrons. The van der Waals surface area contributed by atoms with Gasteiger partial charge in [0.05, 0.1) is 6.61 Å². The van der Waals surface area contributed by atoms with Gasteiger partial charge in [0.1, 0.15) is 5.75 Å². The Labute approximate surface area is 83.9 Å². The topological polar surface area (TPSA) is 35.2 Å². The minimum Gasteiger partial charge on any atom is -0.494 e. The van der Waals surface area contributed by atoms with Crippen molar-refractivity contribution in [1.29, 1.82) is 0 Å². The van der Waals surface area contributed by atoms with Gasteiger partial charge in [-0.3, -0.25) is 0 Å². The van der Waals surface area contributed by atoms with Crippen molar-refractivity contribution < 1.29 is 4.74 Å². The van der Waals surface area contributed by atoms with Crippen molar-refractivity contribution in [3.63, 3.8) is 0 Å². The van der Waals surface area contributed by atoms with E-state index in [1.807, 2.05) is 19.1 Å². The van der Waals surface area contributed by atoms with Crippen molar-refractivity contribution in [2.45, 2.75) is 11.8 Å². The number of halogens is 1. The fourth-order valence-corrected chi connectivity index (χ4v) is 0.982. The van der Waals surface area contributed by atoms with Crippen LogP contribution < -0.4 is 10.5 Å². The molecule has 1 rings (SSSR count). The van der Waals surface area contributed by atoms with E-state index in [4.69, 9.17) is 10.5 Å². The number of rotatable bonds is 2. The molecule has 0 atom stereocenters. The van der Waals surface area contributed by atoms with Crippen LogP contribution in [0.25, 0.3) is 0 Å². The SMILES string of the molecule is CCOc1ccc(N)c(S)c1.Cl. The Morgan fingerprint density at radius 2 is 2.17 bits per heavy atom. The zero-order valence-electron chi connectivity index (χ0n) is 6.78. The molecule has 0 saturated heterocycles. The second-order valence-electron chi connectivity index (χ2n) is 2.15. The highest BCUT2D eigenvalue weighted by Gasteiger charge is 1.95. The van der Waals surface area contributed by atoms with Crippen LogP contribution in [0.5, 0.6) is 5.75 Å². The van der Waals surface area contributed by atoms with E-state index in [0.29, 0.717) is 12.3 Å². The van der Waals surface area contributed by atoms with Crippen LogP contribution >= 0.6 is 25.0 Å². The maximum absolute atomic E-state index is 5.55. The second-order valence-corrected chi connectivity index (χ2v) is 2.64. The van der Waals surface area contributed by atoms with E-state index >= 15 is 0 Å². The highest BCUT2D eigenvalue weighted by molar-refractivity contribution is 7.80. The van der Waals surface area contributed by atoms with Crippen molar-refractivity contribution in [2.24, 2.45) is 0 Å². The lowest BCUT2D eigenvalue weighted by atomic mass is 10.3. The number of hydrogen-bond donors (Lipinski definition) is 2. The second kappa shape index (κ2) is 5.17. The predicted octanol–water partition coefficient (Wildman–Crippen LogP) is 2.38. The minimum atomic E-state index is 0. The molecule has 0 heterocycles. The van der Waals surface area contributed by atoms with Gasteiger partial charge in [-0.1, -0.05) is 0 Å². The number of ether oxygens (including phenoxy) is 1. The molecule has 0 fully saturated rings. The highest BCUT2D eigenvalue weighted by atomic mass is 35.5. The zero-order chi connectivity index (χ0) is 8.27. The quantitative estimate of drug-likeness (QED) is 0.575. The van der Waals surface area contributed by atoms with Gasteiger partial charge in [0.25, 0.3) is 0 Å². The lowest BCUT2D eigenvalue weighted by Crippen LogP contribution is -1.92. The number of nitrogens with two attached hydrogens (primary N) is 1.